The van der Waals surface area contributed by atoms with Crippen LogP contribution in [0.3, 0.4) is 0 Å². The smallest absolute Gasteiger partial charge is 0.256 e. The molecular formula is C28H24F3N3O2. The summed E-state index contributed by atoms with van der Waals surface area (Å²) in [5, 5.41) is 0. The van der Waals surface area contributed by atoms with Crippen LogP contribution in [0.25, 0.3) is 0 Å². The summed E-state index contributed by atoms with van der Waals surface area (Å²) in [5.41, 5.74) is 1.52. The molecule has 3 aliphatic rings. The van der Waals surface area contributed by atoms with Gasteiger partial charge in [0.1, 0.15) is 6.17 Å². The lowest BCUT2D eigenvalue weighted by Crippen LogP contribution is -2.51. The van der Waals surface area contributed by atoms with Crippen LogP contribution in [0.5, 0.6) is 0 Å². The number of fused-ring (bicyclic) bond motifs is 3. The summed E-state index contributed by atoms with van der Waals surface area (Å²) >= 11 is 0. The lowest BCUT2D eigenvalue weighted by Gasteiger charge is -2.41. The van der Waals surface area contributed by atoms with E-state index in [1.807, 2.05) is 41.3 Å². The number of alkyl halides is 1. The number of amides is 2. The van der Waals surface area contributed by atoms with Crippen LogP contribution in [0.15, 0.2) is 66.7 Å². The molecule has 1 unspecified atom stereocenters. The number of anilines is 1. The first-order chi connectivity index (χ1) is 17.4. The molecule has 0 aliphatic carbocycles. The molecular weight excluding hydrogens is 467 g/mol. The van der Waals surface area contributed by atoms with Crippen molar-refractivity contribution in [2.24, 2.45) is 0 Å². The van der Waals surface area contributed by atoms with E-state index in [1.165, 1.54) is 6.07 Å². The van der Waals surface area contributed by atoms with Crippen LogP contribution in [0.1, 0.15) is 44.7 Å². The monoisotopic (exact) mass is 491 g/mol. The van der Waals surface area contributed by atoms with E-state index < -0.39 is 29.4 Å². The molecule has 36 heavy (non-hydrogen) atoms. The molecule has 3 aromatic carbocycles. The minimum Gasteiger partial charge on any atom is -0.369 e. The number of piperidine rings is 1. The van der Waals surface area contributed by atoms with Crippen molar-refractivity contribution in [1.82, 2.24) is 9.80 Å². The third kappa shape index (κ3) is 3.23. The molecule has 2 saturated heterocycles. The third-order valence-electron chi connectivity index (χ3n) is 7.52. The van der Waals surface area contributed by atoms with Gasteiger partial charge in [-0.15, -0.1) is 0 Å². The van der Waals surface area contributed by atoms with E-state index in [4.69, 9.17) is 0 Å². The highest BCUT2D eigenvalue weighted by Crippen LogP contribution is 2.50. The lowest BCUT2D eigenvalue weighted by atomic mass is 9.89. The van der Waals surface area contributed by atoms with E-state index in [0.717, 1.165) is 30.8 Å². The first kappa shape index (κ1) is 22.6. The van der Waals surface area contributed by atoms with E-state index in [0.29, 0.717) is 36.2 Å². The van der Waals surface area contributed by atoms with Gasteiger partial charge >= 0.3 is 0 Å². The number of benzene rings is 3. The lowest BCUT2D eigenvalue weighted by molar-refractivity contribution is 0.0375. The summed E-state index contributed by atoms with van der Waals surface area (Å²) in [7, 11) is 0. The van der Waals surface area contributed by atoms with Crippen LogP contribution in [0.2, 0.25) is 0 Å². The summed E-state index contributed by atoms with van der Waals surface area (Å²) in [6.45, 7) is 1.62. The Morgan fingerprint density at radius 3 is 2.44 bits per heavy atom. The maximum Gasteiger partial charge on any atom is 0.256 e. The predicted octanol–water partition coefficient (Wildman–Crippen LogP) is 4.72. The van der Waals surface area contributed by atoms with E-state index >= 15 is 0 Å². The summed E-state index contributed by atoms with van der Waals surface area (Å²) in [6, 6.07) is 17.8. The van der Waals surface area contributed by atoms with Gasteiger partial charge in [-0.2, -0.15) is 0 Å². The fourth-order valence-electron chi connectivity index (χ4n) is 5.89. The van der Waals surface area contributed by atoms with Gasteiger partial charge in [0.25, 0.3) is 11.8 Å². The minimum absolute atomic E-state index is 0.00544. The zero-order valence-corrected chi connectivity index (χ0v) is 19.5. The first-order valence-corrected chi connectivity index (χ1v) is 12.1. The largest absolute Gasteiger partial charge is 0.369 e. The Labute approximate surface area is 206 Å². The minimum atomic E-state index is -1.22. The molecule has 0 N–H and O–H groups in total. The summed E-state index contributed by atoms with van der Waals surface area (Å²) in [6.07, 6.45) is 0.469. The van der Waals surface area contributed by atoms with Gasteiger partial charge in [0.2, 0.25) is 0 Å². The Bertz CT molecular complexity index is 1360. The summed E-state index contributed by atoms with van der Waals surface area (Å²) < 4.78 is 41.6. The number of hydrogen-bond donors (Lipinski definition) is 0. The molecule has 5 nitrogen and oxygen atoms in total. The van der Waals surface area contributed by atoms with Gasteiger partial charge in [-0.3, -0.25) is 9.59 Å². The second-order valence-corrected chi connectivity index (χ2v) is 9.49. The molecule has 2 amide bonds. The van der Waals surface area contributed by atoms with Crippen LogP contribution >= 0.6 is 0 Å². The van der Waals surface area contributed by atoms with Gasteiger partial charge in [0.05, 0.1) is 0 Å². The van der Waals surface area contributed by atoms with Crippen molar-refractivity contribution in [1.29, 1.82) is 0 Å². The average molecular weight is 492 g/mol. The number of carbonyl (C=O) groups is 2. The maximum absolute atomic E-state index is 14.0. The fraction of sp³-hybridized carbons (Fsp3) is 0.286. The topological polar surface area (TPSA) is 43.9 Å². The molecule has 0 bridgehead atoms. The second kappa shape index (κ2) is 8.40. The molecule has 184 valence electrons. The summed E-state index contributed by atoms with van der Waals surface area (Å²) in [4.78, 5) is 32.4. The van der Waals surface area contributed by atoms with Crippen LogP contribution in [0.4, 0.5) is 18.9 Å². The molecule has 0 radical (unpaired) electrons. The van der Waals surface area contributed by atoms with Crippen molar-refractivity contribution in [3.8, 4) is 0 Å². The molecule has 0 spiro atoms. The Morgan fingerprint density at radius 1 is 0.917 bits per heavy atom. The third-order valence-corrected chi connectivity index (χ3v) is 7.52. The average Bonchev–Trinajstić information content (AvgIpc) is 3.41. The maximum atomic E-state index is 14.0. The van der Waals surface area contributed by atoms with Gasteiger partial charge in [0, 0.05) is 54.1 Å². The standard InChI is InChI=1S/C28H24F3N3O2/c29-20-4-3-13-32(17-20)21-10-8-19(9-11-21)28-23-6-2-1-5-22(23)27(36)34(28)15-14-33(28)26(35)18-7-12-24(30)25(31)16-18/h1-2,5-12,16,20H,3-4,13-15,17H2/t20?,28-/m0/s1. The van der Waals surface area contributed by atoms with E-state index in [-0.39, 0.29) is 18.0 Å². The Kier molecular flexibility index (Phi) is 5.28. The van der Waals surface area contributed by atoms with Gasteiger partial charge in [-0.25, -0.2) is 13.2 Å². The number of halogens is 3. The molecule has 3 heterocycles. The zero-order chi connectivity index (χ0) is 25.0. The van der Waals surface area contributed by atoms with E-state index in [2.05, 4.69) is 0 Å². The molecule has 8 heteroatoms. The second-order valence-electron chi connectivity index (χ2n) is 9.49. The molecule has 2 atom stereocenters. The van der Waals surface area contributed by atoms with Crippen molar-refractivity contribution in [3.05, 3.63) is 101 Å². The number of rotatable bonds is 3. The molecule has 3 aliphatic heterocycles. The highest BCUT2D eigenvalue weighted by atomic mass is 19.2. The van der Waals surface area contributed by atoms with Crippen LogP contribution in [0, 0.1) is 11.6 Å². The van der Waals surface area contributed by atoms with Gasteiger partial charge in [-0.05, 0) is 49.2 Å². The summed E-state index contributed by atoms with van der Waals surface area (Å²) in [5.74, 6) is -2.83. The fourth-order valence-corrected chi connectivity index (χ4v) is 5.89. The quantitative estimate of drug-likeness (QED) is 0.533. The van der Waals surface area contributed by atoms with E-state index in [9.17, 15) is 22.8 Å². The van der Waals surface area contributed by atoms with Crippen LogP contribution in [-0.4, -0.2) is 54.0 Å². The van der Waals surface area contributed by atoms with Crippen LogP contribution < -0.4 is 4.90 Å². The highest BCUT2D eigenvalue weighted by molar-refractivity contribution is 6.03. The van der Waals surface area contributed by atoms with Crippen molar-refractivity contribution >= 4 is 17.5 Å². The normalized spacial score (nSPS) is 23.1. The molecule has 0 saturated carbocycles. The molecule has 6 rings (SSSR count). The Morgan fingerprint density at radius 2 is 1.69 bits per heavy atom. The molecule has 3 aromatic rings. The zero-order valence-electron chi connectivity index (χ0n) is 19.5. The Balaban J connectivity index is 1.47. The molecule has 2 fully saturated rings. The van der Waals surface area contributed by atoms with Crippen molar-refractivity contribution in [2.45, 2.75) is 24.7 Å². The van der Waals surface area contributed by atoms with Gasteiger partial charge in [-0.1, -0.05) is 30.3 Å². The van der Waals surface area contributed by atoms with Crippen molar-refractivity contribution in [3.63, 3.8) is 0 Å². The first-order valence-electron chi connectivity index (χ1n) is 12.1. The van der Waals surface area contributed by atoms with Crippen molar-refractivity contribution in [2.75, 3.05) is 31.1 Å². The van der Waals surface area contributed by atoms with Crippen molar-refractivity contribution < 1.29 is 22.8 Å². The van der Waals surface area contributed by atoms with Crippen LogP contribution in [-0.2, 0) is 5.66 Å². The highest BCUT2D eigenvalue weighted by Gasteiger charge is 2.59. The SMILES string of the molecule is O=C(c1ccc(F)c(F)c1)N1CCN2C(=O)c3ccccc3[C@@]12c1ccc(N2CCCC(F)C2)cc1. The Hall–Kier alpha value is -3.81. The number of nitrogens with zero attached hydrogens (tertiary/aromatic N) is 3. The molecule has 0 aromatic heterocycles. The number of hydrogen-bond acceptors (Lipinski definition) is 3. The van der Waals surface area contributed by atoms with Gasteiger partial charge in [0.15, 0.2) is 17.3 Å². The van der Waals surface area contributed by atoms with Gasteiger partial charge < -0.3 is 14.7 Å². The van der Waals surface area contributed by atoms with E-state index in [1.54, 1.807) is 21.9 Å². The predicted molar refractivity (Wildman–Crippen MR) is 128 cm³/mol. The number of carbonyl (C=O) groups excluding carboxylic acids is 2.